The van der Waals surface area contributed by atoms with Crippen molar-refractivity contribution in [2.45, 2.75) is 20.4 Å². The Morgan fingerprint density at radius 1 is 1.16 bits per heavy atom. The zero-order valence-corrected chi connectivity index (χ0v) is 18.0. The number of pyridine rings is 1. The van der Waals surface area contributed by atoms with E-state index in [9.17, 15) is 4.79 Å². The van der Waals surface area contributed by atoms with Crippen LogP contribution < -0.4 is 5.32 Å². The third-order valence-corrected chi connectivity index (χ3v) is 5.48. The number of anilines is 1. The minimum Gasteiger partial charge on any atom is -0.463 e. The Balaban J connectivity index is 1.45. The molecule has 4 aromatic heterocycles. The second-order valence-electron chi connectivity index (χ2n) is 7.69. The van der Waals surface area contributed by atoms with Crippen molar-refractivity contribution in [2.24, 2.45) is 7.05 Å². The van der Waals surface area contributed by atoms with E-state index < -0.39 is 0 Å². The van der Waals surface area contributed by atoms with E-state index in [0.717, 1.165) is 29.0 Å². The molecule has 0 bridgehead atoms. The third-order valence-electron chi connectivity index (χ3n) is 5.48. The standard InChI is InChI=1S/C24H22N6O2/c1-15-22-19(13-20(21-5-4-12-32-21)27-23(22)29(3)28-15)24(31)26-18-8-6-17(7-9-18)14-30-11-10-25-16(30)2/h4-13H,14H2,1-3H3,(H,26,31). The van der Waals surface area contributed by atoms with Crippen LogP contribution in [0, 0.1) is 13.8 Å². The molecule has 4 heterocycles. The highest BCUT2D eigenvalue weighted by Gasteiger charge is 2.20. The number of aryl methyl sites for hydroxylation is 3. The van der Waals surface area contributed by atoms with Crippen molar-refractivity contribution in [3.8, 4) is 11.5 Å². The number of amides is 1. The summed E-state index contributed by atoms with van der Waals surface area (Å²) in [7, 11) is 1.82. The highest BCUT2D eigenvalue weighted by Crippen LogP contribution is 2.28. The second-order valence-corrected chi connectivity index (χ2v) is 7.69. The lowest BCUT2D eigenvalue weighted by Crippen LogP contribution is -2.13. The molecule has 0 radical (unpaired) electrons. The first-order chi connectivity index (χ1) is 15.5. The summed E-state index contributed by atoms with van der Waals surface area (Å²) in [5.74, 6) is 1.33. The molecular weight excluding hydrogens is 404 g/mol. The summed E-state index contributed by atoms with van der Waals surface area (Å²) in [6.07, 6.45) is 5.33. The summed E-state index contributed by atoms with van der Waals surface area (Å²) >= 11 is 0. The molecule has 0 atom stereocenters. The zero-order valence-electron chi connectivity index (χ0n) is 18.0. The molecule has 1 aromatic carbocycles. The molecule has 160 valence electrons. The fraction of sp³-hybridized carbons (Fsp3) is 0.167. The van der Waals surface area contributed by atoms with Crippen molar-refractivity contribution in [1.82, 2.24) is 24.3 Å². The average Bonchev–Trinajstić information content (AvgIpc) is 3.52. The van der Waals surface area contributed by atoms with Crippen LogP contribution in [-0.2, 0) is 13.6 Å². The van der Waals surface area contributed by atoms with Crippen LogP contribution in [0.4, 0.5) is 5.69 Å². The first-order valence-corrected chi connectivity index (χ1v) is 10.3. The number of hydrogen-bond donors (Lipinski definition) is 1. The van der Waals surface area contributed by atoms with Crippen molar-refractivity contribution in [1.29, 1.82) is 0 Å². The molecule has 0 unspecified atom stereocenters. The lowest BCUT2D eigenvalue weighted by Gasteiger charge is -2.10. The molecule has 8 heteroatoms. The average molecular weight is 426 g/mol. The minimum atomic E-state index is -0.223. The summed E-state index contributed by atoms with van der Waals surface area (Å²) in [5.41, 5.74) is 4.31. The second kappa shape index (κ2) is 7.81. The number of nitrogens with zero attached hydrogens (tertiary/aromatic N) is 5. The predicted octanol–water partition coefficient (Wildman–Crippen LogP) is 4.34. The van der Waals surface area contributed by atoms with Gasteiger partial charge in [0.2, 0.25) is 0 Å². The monoisotopic (exact) mass is 426 g/mol. The topological polar surface area (TPSA) is 90.8 Å². The van der Waals surface area contributed by atoms with E-state index in [0.29, 0.717) is 28.4 Å². The molecule has 1 amide bonds. The molecule has 32 heavy (non-hydrogen) atoms. The number of rotatable bonds is 5. The molecule has 5 aromatic rings. The zero-order chi connectivity index (χ0) is 22.2. The number of carbonyl (C=O) groups is 1. The van der Waals surface area contributed by atoms with Gasteiger partial charge in [0.05, 0.1) is 22.9 Å². The van der Waals surface area contributed by atoms with Gasteiger partial charge in [0, 0.05) is 31.7 Å². The number of furan rings is 1. The maximum Gasteiger partial charge on any atom is 0.256 e. The van der Waals surface area contributed by atoms with Gasteiger partial charge in [-0.25, -0.2) is 9.97 Å². The number of nitrogens with one attached hydrogen (secondary N) is 1. The van der Waals surface area contributed by atoms with Gasteiger partial charge in [0.25, 0.3) is 5.91 Å². The van der Waals surface area contributed by atoms with Crippen LogP contribution in [-0.4, -0.2) is 30.2 Å². The number of hydrogen-bond acceptors (Lipinski definition) is 5. The van der Waals surface area contributed by atoms with Crippen molar-refractivity contribution in [3.05, 3.63) is 83.8 Å². The predicted molar refractivity (Wildman–Crippen MR) is 121 cm³/mol. The van der Waals surface area contributed by atoms with Gasteiger partial charge in [-0.15, -0.1) is 0 Å². The van der Waals surface area contributed by atoms with Crippen LogP contribution in [0.15, 0.2) is 65.5 Å². The van der Waals surface area contributed by atoms with Crippen LogP contribution in [0.2, 0.25) is 0 Å². The van der Waals surface area contributed by atoms with Crippen LogP contribution in [0.3, 0.4) is 0 Å². The van der Waals surface area contributed by atoms with E-state index >= 15 is 0 Å². The molecule has 5 rings (SSSR count). The maximum absolute atomic E-state index is 13.3. The molecule has 0 fully saturated rings. The van der Waals surface area contributed by atoms with Crippen molar-refractivity contribution in [3.63, 3.8) is 0 Å². The van der Waals surface area contributed by atoms with Gasteiger partial charge >= 0.3 is 0 Å². The molecule has 0 aliphatic rings. The Bertz CT molecular complexity index is 1410. The molecule has 0 aliphatic heterocycles. The molecule has 8 nitrogen and oxygen atoms in total. The Labute approximate surface area is 184 Å². The number of carbonyl (C=O) groups excluding carboxylic acids is 1. The van der Waals surface area contributed by atoms with Gasteiger partial charge in [0.1, 0.15) is 11.5 Å². The van der Waals surface area contributed by atoms with E-state index in [2.05, 4.69) is 25.0 Å². The Hall–Kier alpha value is -4.20. The molecule has 0 saturated carbocycles. The summed E-state index contributed by atoms with van der Waals surface area (Å²) in [6, 6.07) is 13.2. The van der Waals surface area contributed by atoms with E-state index in [-0.39, 0.29) is 5.91 Å². The van der Waals surface area contributed by atoms with Gasteiger partial charge in [-0.3, -0.25) is 9.48 Å². The van der Waals surface area contributed by atoms with E-state index in [4.69, 9.17) is 4.42 Å². The van der Waals surface area contributed by atoms with Crippen LogP contribution in [0.5, 0.6) is 0 Å². The van der Waals surface area contributed by atoms with Gasteiger partial charge in [-0.2, -0.15) is 5.10 Å². The number of fused-ring (bicyclic) bond motifs is 1. The SMILES string of the molecule is Cc1nn(C)c2nc(-c3ccco3)cc(C(=O)Nc3ccc(Cn4ccnc4C)cc3)c12. The first kappa shape index (κ1) is 19.7. The van der Waals surface area contributed by atoms with E-state index in [1.807, 2.05) is 57.4 Å². The van der Waals surface area contributed by atoms with Gasteiger partial charge < -0.3 is 14.3 Å². The third kappa shape index (κ3) is 3.56. The summed E-state index contributed by atoms with van der Waals surface area (Å²) < 4.78 is 9.26. The van der Waals surface area contributed by atoms with Crippen LogP contribution >= 0.6 is 0 Å². The highest BCUT2D eigenvalue weighted by molar-refractivity contribution is 6.13. The van der Waals surface area contributed by atoms with Crippen LogP contribution in [0.25, 0.3) is 22.5 Å². The summed E-state index contributed by atoms with van der Waals surface area (Å²) in [4.78, 5) is 22.2. The smallest absolute Gasteiger partial charge is 0.256 e. The lowest BCUT2D eigenvalue weighted by molar-refractivity contribution is 0.102. The summed E-state index contributed by atoms with van der Waals surface area (Å²) in [6.45, 7) is 4.58. The normalized spacial score (nSPS) is 11.2. The number of benzene rings is 1. The molecular formula is C24H22N6O2. The fourth-order valence-corrected chi connectivity index (χ4v) is 3.83. The lowest BCUT2D eigenvalue weighted by atomic mass is 10.1. The molecule has 0 spiro atoms. The van der Waals surface area contributed by atoms with Crippen molar-refractivity contribution in [2.75, 3.05) is 5.32 Å². The van der Waals surface area contributed by atoms with E-state index in [1.165, 1.54) is 0 Å². The highest BCUT2D eigenvalue weighted by atomic mass is 16.3. The number of aromatic nitrogens is 5. The Morgan fingerprint density at radius 3 is 2.66 bits per heavy atom. The van der Waals surface area contributed by atoms with Crippen molar-refractivity contribution < 1.29 is 9.21 Å². The fourth-order valence-electron chi connectivity index (χ4n) is 3.83. The maximum atomic E-state index is 13.3. The Morgan fingerprint density at radius 2 is 1.97 bits per heavy atom. The first-order valence-electron chi connectivity index (χ1n) is 10.3. The van der Waals surface area contributed by atoms with E-state index in [1.54, 1.807) is 29.3 Å². The quantitative estimate of drug-likeness (QED) is 0.451. The molecule has 1 N–H and O–H groups in total. The number of imidazole rings is 1. The van der Waals surface area contributed by atoms with Gasteiger partial charge in [0.15, 0.2) is 11.4 Å². The summed E-state index contributed by atoms with van der Waals surface area (Å²) in [5, 5.41) is 8.19. The van der Waals surface area contributed by atoms with Gasteiger partial charge in [-0.1, -0.05) is 12.1 Å². The minimum absolute atomic E-state index is 0.223. The molecule has 0 aliphatic carbocycles. The largest absolute Gasteiger partial charge is 0.463 e. The van der Waals surface area contributed by atoms with Crippen molar-refractivity contribution >= 4 is 22.6 Å². The van der Waals surface area contributed by atoms with Crippen LogP contribution in [0.1, 0.15) is 27.4 Å². The Kier molecular flexibility index (Phi) is 4.82. The molecule has 0 saturated heterocycles. The van der Waals surface area contributed by atoms with Gasteiger partial charge in [-0.05, 0) is 49.7 Å².